The Labute approximate surface area is 118 Å². The molecular formula is H7BaBiFeMg. The van der Waals surface area contributed by atoms with E-state index in [1.165, 1.54) is 0 Å². The van der Waals surface area contributed by atoms with Gasteiger partial charge in [-0.3, -0.25) is 0 Å². The molecule has 0 aliphatic carbocycles. The average molecular weight is 434 g/mol. The zero-order valence-electron chi connectivity index (χ0n) is 6.47. The molecular weight excluding hydrogens is 426 g/mol. The van der Waals surface area contributed by atoms with Gasteiger partial charge in [0.2, 0.25) is 0 Å². The second kappa shape index (κ2) is 15.9. The molecule has 0 spiro atoms. The summed E-state index contributed by atoms with van der Waals surface area (Å²) in [6.45, 7) is 0. The van der Waals surface area contributed by atoms with Crippen LogP contribution in [-0.4, -0.2) is 98.1 Å². The summed E-state index contributed by atoms with van der Waals surface area (Å²) in [5, 5.41) is 0. The Bertz CT molecular complexity index is 16.0. The van der Waals surface area contributed by atoms with Gasteiger partial charge in [-0.05, 0) is 0 Å². The monoisotopic (exact) mass is 434 g/mol. The van der Waals surface area contributed by atoms with E-state index in [-0.39, 0.29) is 121 Å². The minimum atomic E-state index is 0. The zero-order chi connectivity index (χ0) is 0. The Morgan fingerprint density at radius 1 is 1.25 bits per heavy atom. The van der Waals surface area contributed by atoms with Crippen molar-refractivity contribution < 1.29 is 22.8 Å². The molecule has 0 rings (SSSR count). The van der Waals surface area contributed by atoms with Crippen molar-refractivity contribution in [2.24, 2.45) is 0 Å². The summed E-state index contributed by atoms with van der Waals surface area (Å²) in [5.41, 5.74) is 0. The first kappa shape index (κ1) is 25.1. The van der Waals surface area contributed by atoms with Gasteiger partial charge in [0, 0.05) is 17.1 Å². The van der Waals surface area contributed by atoms with Gasteiger partial charge >= 0.3 is 98.1 Å². The molecule has 0 aromatic carbocycles. The quantitative estimate of drug-likeness (QED) is 0.408. The van der Waals surface area contributed by atoms with Crippen molar-refractivity contribution in [1.82, 2.24) is 0 Å². The van der Waals surface area contributed by atoms with Crippen molar-refractivity contribution in [3.63, 3.8) is 0 Å². The summed E-state index contributed by atoms with van der Waals surface area (Å²) in [7, 11) is 0. The first-order valence-corrected chi connectivity index (χ1v) is 0. The normalized spacial score (nSPS) is 0. The van der Waals surface area contributed by atoms with E-state index in [9.17, 15) is 0 Å². The molecule has 0 unspecified atom stereocenters. The molecule has 0 N–H and O–H groups in total. The zero-order valence-corrected chi connectivity index (χ0v) is 14.9. The van der Waals surface area contributed by atoms with Gasteiger partial charge in [-0.15, -0.1) is 0 Å². The van der Waals surface area contributed by atoms with Crippen LogP contribution >= 0.6 is 0 Å². The number of hydrogen-bond donors (Lipinski definition) is 0. The summed E-state index contributed by atoms with van der Waals surface area (Å²) >= 11 is 0. The van der Waals surface area contributed by atoms with Crippen molar-refractivity contribution in [3.05, 3.63) is 0 Å². The van der Waals surface area contributed by atoms with Crippen LogP contribution in [0.2, 0.25) is 0 Å². The predicted molar refractivity (Wildman–Crippen MR) is 25.9 cm³/mol. The second-order valence-corrected chi connectivity index (χ2v) is 0. The molecule has 0 aromatic rings. The van der Waals surface area contributed by atoms with Crippen LogP contribution in [0.15, 0.2) is 0 Å². The van der Waals surface area contributed by atoms with E-state index in [4.69, 9.17) is 0 Å². The molecule has 4 heteroatoms. The van der Waals surface area contributed by atoms with Gasteiger partial charge in [0.05, 0.1) is 0 Å². The summed E-state index contributed by atoms with van der Waals surface area (Å²) in [5.74, 6) is 0. The first-order chi connectivity index (χ1) is 0. The van der Waals surface area contributed by atoms with Crippen LogP contribution in [0.1, 0.15) is 5.71 Å². The van der Waals surface area contributed by atoms with Gasteiger partial charge in [0.25, 0.3) is 0 Å². The van der Waals surface area contributed by atoms with Gasteiger partial charge in [-0.25, -0.2) is 0 Å². The smallest absolute Gasteiger partial charge is 1.00 e. The van der Waals surface area contributed by atoms with E-state index in [0.717, 1.165) is 0 Å². The molecule has 24 valence electrons. The van der Waals surface area contributed by atoms with Crippen LogP contribution in [0.3, 0.4) is 0 Å². The fourth-order valence-corrected chi connectivity index (χ4v) is 0. The summed E-state index contributed by atoms with van der Waals surface area (Å²) in [6, 6.07) is 0. The van der Waals surface area contributed by atoms with Crippen LogP contribution in [0.25, 0.3) is 0 Å². The summed E-state index contributed by atoms with van der Waals surface area (Å²) in [6.07, 6.45) is 0. The minimum Gasteiger partial charge on any atom is -1.00 e. The molecule has 0 saturated heterocycles. The molecule has 0 radical (unpaired) electrons. The van der Waals surface area contributed by atoms with E-state index in [2.05, 4.69) is 0 Å². The fraction of sp³-hybridized carbons (Fsp3) is 0. The Kier molecular flexibility index (Phi) is 99.8. The van der Waals surface area contributed by atoms with Crippen LogP contribution in [0, 0.1) is 0 Å². The average Bonchev–Trinajstić information content (AvgIpc) is 0. The van der Waals surface area contributed by atoms with Gasteiger partial charge < -0.3 is 5.71 Å². The maximum Gasteiger partial charge on any atom is 2.00 e. The molecule has 0 aliphatic rings. The van der Waals surface area contributed by atoms with E-state index < -0.39 is 0 Å². The molecule has 0 heterocycles. The molecule has 0 bridgehead atoms. The minimum absolute atomic E-state index is 0. The van der Waals surface area contributed by atoms with Gasteiger partial charge in [0.1, 0.15) is 0 Å². The SMILES string of the molecule is [Ba+2].[BiH3].[Fe].[H-].[H-].[H-].[H-].[Mg+2]. The largest absolute Gasteiger partial charge is 2.00 e. The van der Waals surface area contributed by atoms with Crippen molar-refractivity contribution in [3.8, 4) is 0 Å². The molecule has 4 heavy (non-hydrogen) atoms. The van der Waals surface area contributed by atoms with E-state index in [1.54, 1.807) is 0 Å². The summed E-state index contributed by atoms with van der Waals surface area (Å²) < 4.78 is 0. The van der Waals surface area contributed by atoms with Gasteiger partial charge in [0.15, 0.2) is 0 Å². The maximum atomic E-state index is 0. The second-order valence-electron chi connectivity index (χ2n) is 0. The third-order valence-corrected chi connectivity index (χ3v) is 0. The number of hydrogen-bond acceptors (Lipinski definition) is 0. The molecule has 0 saturated carbocycles. The van der Waals surface area contributed by atoms with E-state index in [0.29, 0.717) is 0 Å². The fourth-order valence-electron chi connectivity index (χ4n) is 0. The molecule has 0 aliphatic heterocycles. The summed E-state index contributed by atoms with van der Waals surface area (Å²) in [4.78, 5) is 0. The third-order valence-electron chi connectivity index (χ3n) is 0. The van der Waals surface area contributed by atoms with Crippen molar-refractivity contribution >= 4 is 98.1 Å². The van der Waals surface area contributed by atoms with Gasteiger partial charge in [-0.2, -0.15) is 0 Å². The predicted octanol–water partition coefficient (Wildman–Crippen LogP) is -1.50. The van der Waals surface area contributed by atoms with Crippen LogP contribution in [0.4, 0.5) is 0 Å². The molecule has 0 fully saturated rings. The molecule has 0 amide bonds. The Morgan fingerprint density at radius 3 is 1.25 bits per heavy atom. The third kappa shape index (κ3) is 9.22. The Balaban J connectivity index is 0. The van der Waals surface area contributed by atoms with Crippen LogP contribution in [-0.2, 0) is 17.1 Å². The maximum absolute atomic E-state index is 0. The standard InChI is InChI=1S/Ba.Bi.Fe.Mg.7H/q+2;;;+2;;;;4*-1. The topological polar surface area (TPSA) is 0 Å². The molecule has 0 nitrogen and oxygen atoms in total. The van der Waals surface area contributed by atoms with E-state index in [1.807, 2.05) is 0 Å². The van der Waals surface area contributed by atoms with Crippen molar-refractivity contribution in [1.29, 1.82) is 0 Å². The number of rotatable bonds is 0. The Morgan fingerprint density at radius 2 is 1.25 bits per heavy atom. The Hall–Kier alpha value is 3.74. The van der Waals surface area contributed by atoms with Crippen LogP contribution < -0.4 is 0 Å². The van der Waals surface area contributed by atoms with E-state index >= 15 is 0 Å². The molecule has 0 aromatic heterocycles. The van der Waals surface area contributed by atoms with Crippen molar-refractivity contribution in [2.45, 2.75) is 0 Å². The first-order valence-electron chi connectivity index (χ1n) is 0. The van der Waals surface area contributed by atoms with Crippen LogP contribution in [0.5, 0.6) is 0 Å². The van der Waals surface area contributed by atoms with Crippen molar-refractivity contribution in [2.75, 3.05) is 0 Å². The van der Waals surface area contributed by atoms with Gasteiger partial charge in [-0.1, -0.05) is 0 Å². The molecule has 0 atom stereocenters.